The van der Waals surface area contributed by atoms with E-state index in [2.05, 4.69) is 10.2 Å². The number of nitrogens with zero attached hydrogens (tertiary/aromatic N) is 2. The average Bonchev–Trinajstić information content (AvgIpc) is 3.30. The number of halogens is 4. The van der Waals surface area contributed by atoms with Gasteiger partial charge in [-0.3, -0.25) is 9.79 Å². The van der Waals surface area contributed by atoms with Crippen molar-refractivity contribution in [1.82, 2.24) is 5.32 Å². The first-order valence-electron chi connectivity index (χ1n) is 10.2. The lowest BCUT2D eigenvalue weighted by Gasteiger charge is -2.23. The Kier molecular flexibility index (Phi) is 7.89. The summed E-state index contributed by atoms with van der Waals surface area (Å²) in [6.07, 6.45) is -4.44. The topological polar surface area (TPSA) is 53.9 Å². The number of carbonyl (C=O) groups is 1. The molecule has 0 fully saturated rings. The molecule has 5 nitrogen and oxygen atoms in total. The molecule has 0 saturated carbocycles. The Labute approximate surface area is 205 Å². The van der Waals surface area contributed by atoms with E-state index in [1.807, 2.05) is 42.1 Å². The number of hydrogen-bond acceptors (Lipinski definition) is 5. The third kappa shape index (κ3) is 5.53. The number of methoxy groups -OCH3 is 1. The Bertz CT molecular complexity index is 1170. The highest BCUT2D eigenvalue weighted by Gasteiger charge is 2.30. The van der Waals surface area contributed by atoms with Crippen molar-refractivity contribution in [2.75, 3.05) is 32.1 Å². The summed E-state index contributed by atoms with van der Waals surface area (Å²) in [5.41, 5.74) is 3.12. The van der Waals surface area contributed by atoms with Crippen molar-refractivity contribution < 1.29 is 22.7 Å². The van der Waals surface area contributed by atoms with Gasteiger partial charge in [0.25, 0.3) is 5.91 Å². The Morgan fingerprint density at radius 1 is 1.21 bits per heavy atom. The normalized spacial score (nSPS) is 15.5. The molecule has 0 spiro atoms. The molecule has 0 aliphatic carbocycles. The highest BCUT2D eigenvalue weighted by atomic mass is 35.5. The molecule has 4 rings (SSSR count). The number of carbonyl (C=O) groups excluding carboxylic acids is 1. The van der Waals surface area contributed by atoms with Gasteiger partial charge in [0.2, 0.25) is 0 Å². The molecule has 1 amide bonds. The first kappa shape index (κ1) is 25.6. The van der Waals surface area contributed by atoms with Crippen LogP contribution in [-0.4, -0.2) is 44.9 Å². The van der Waals surface area contributed by atoms with E-state index in [0.29, 0.717) is 6.54 Å². The van der Waals surface area contributed by atoms with Crippen molar-refractivity contribution in [3.63, 3.8) is 0 Å². The standard InChI is InChI=1S/C24H22F3N3O2S.ClH/c1-30-13-18(12-28-23(31)15-3-5-17(6-4-15)24(25,26)27)29-22(16-9-10-33-14-16)20-8-7-19(32-2)11-21(20)30;/h3-11,14,18H,12-13H2,1-2H3,(H,28,31);1H. The fourth-order valence-corrected chi connectivity index (χ4v) is 4.37. The molecule has 1 unspecified atom stereocenters. The van der Waals surface area contributed by atoms with Gasteiger partial charge in [0, 0.05) is 54.0 Å². The summed E-state index contributed by atoms with van der Waals surface area (Å²) in [6, 6.07) is 11.7. The summed E-state index contributed by atoms with van der Waals surface area (Å²) in [6.45, 7) is 0.782. The van der Waals surface area contributed by atoms with Crippen LogP contribution in [0.15, 0.2) is 64.3 Å². The summed E-state index contributed by atoms with van der Waals surface area (Å²) in [5.74, 6) is 0.293. The molecule has 2 heterocycles. The molecule has 180 valence electrons. The summed E-state index contributed by atoms with van der Waals surface area (Å²) in [7, 11) is 3.57. The largest absolute Gasteiger partial charge is 0.497 e. The zero-order valence-corrected chi connectivity index (χ0v) is 20.1. The lowest BCUT2D eigenvalue weighted by atomic mass is 10.0. The molecular formula is C24H23ClF3N3O2S. The predicted molar refractivity (Wildman–Crippen MR) is 131 cm³/mol. The van der Waals surface area contributed by atoms with Gasteiger partial charge >= 0.3 is 6.18 Å². The second kappa shape index (κ2) is 10.5. The van der Waals surface area contributed by atoms with Crippen LogP contribution < -0.4 is 15.0 Å². The van der Waals surface area contributed by atoms with E-state index in [9.17, 15) is 18.0 Å². The lowest BCUT2D eigenvalue weighted by molar-refractivity contribution is -0.137. The zero-order chi connectivity index (χ0) is 23.6. The van der Waals surface area contributed by atoms with Crippen molar-refractivity contribution in [2.24, 2.45) is 4.99 Å². The summed E-state index contributed by atoms with van der Waals surface area (Å²) in [5, 5.41) is 6.82. The van der Waals surface area contributed by atoms with Crippen LogP contribution in [0.2, 0.25) is 0 Å². The second-order valence-corrected chi connectivity index (χ2v) is 8.47. The number of ether oxygens (including phenoxy) is 1. The van der Waals surface area contributed by atoms with E-state index in [1.54, 1.807) is 18.4 Å². The van der Waals surface area contributed by atoms with Crippen molar-refractivity contribution in [3.8, 4) is 5.75 Å². The van der Waals surface area contributed by atoms with E-state index >= 15 is 0 Å². The van der Waals surface area contributed by atoms with Crippen molar-refractivity contribution in [2.45, 2.75) is 12.2 Å². The monoisotopic (exact) mass is 509 g/mol. The second-order valence-electron chi connectivity index (χ2n) is 7.69. The Morgan fingerprint density at radius 3 is 2.56 bits per heavy atom. The molecule has 1 N–H and O–H groups in total. The SMILES string of the molecule is COc1ccc2c(c1)N(C)CC(CNC(=O)c1ccc(C(F)(F)F)cc1)N=C2c1ccsc1.Cl. The number of amides is 1. The average molecular weight is 510 g/mol. The van der Waals surface area contributed by atoms with Crippen LogP contribution in [0.1, 0.15) is 27.0 Å². The van der Waals surface area contributed by atoms with Crippen LogP contribution in [0.4, 0.5) is 18.9 Å². The van der Waals surface area contributed by atoms with E-state index in [4.69, 9.17) is 9.73 Å². The molecule has 0 bridgehead atoms. The van der Waals surface area contributed by atoms with Crippen LogP contribution in [0.3, 0.4) is 0 Å². The van der Waals surface area contributed by atoms with Crippen molar-refractivity contribution in [1.29, 1.82) is 0 Å². The smallest absolute Gasteiger partial charge is 0.416 e. The van der Waals surface area contributed by atoms with Gasteiger partial charge < -0.3 is 15.0 Å². The highest BCUT2D eigenvalue weighted by Crippen LogP contribution is 2.31. The van der Waals surface area contributed by atoms with E-state index < -0.39 is 17.6 Å². The van der Waals surface area contributed by atoms with Gasteiger partial charge in [-0.1, -0.05) is 0 Å². The van der Waals surface area contributed by atoms with Gasteiger partial charge in [-0.2, -0.15) is 24.5 Å². The molecule has 1 atom stereocenters. The van der Waals surface area contributed by atoms with Gasteiger partial charge in [-0.15, -0.1) is 12.4 Å². The van der Waals surface area contributed by atoms with Gasteiger partial charge in [0.1, 0.15) is 5.75 Å². The molecule has 2 aromatic carbocycles. The molecule has 0 radical (unpaired) electrons. The number of rotatable bonds is 5. The van der Waals surface area contributed by atoms with Crippen LogP contribution in [0.25, 0.3) is 0 Å². The summed E-state index contributed by atoms with van der Waals surface area (Å²) < 4.78 is 43.7. The van der Waals surface area contributed by atoms with Crippen LogP contribution in [0.5, 0.6) is 5.75 Å². The quantitative estimate of drug-likeness (QED) is 0.509. The minimum absolute atomic E-state index is 0. The summed E-state index contributed by atoms with van der Waals surface area (Å²) in [4.78, 5) is 19.6. The molecule has 1 aliphatic rings. The Hall–Kier alpha value is -3.04. The Morgan fingerprint density at radius 2 is 1.94 bits per heavy atom. The van der Waals surface area contributed by atoms with Gasteiger partial charge in [0.05, 0.1) is 24.4 Å². The van der Waals surface area contributed by atoms with Crippen LogP contribution in [0, 0.1) is 0 Å². The number of thiophene rings is 1. The maximum Gasteiger partial charge on any atom is 0.416 e. The minimum atomic E-state index is -4.44. The molecular weight excluding hydrogens is 487 g/mol. The minimum Gasteiger partial charge on any atom is -0.497 e. The number of alkyl halides is 3. The number of nitrogens with one attached hydrogen (secondary N) is 1. The number of likely N-dealkylation sites (N-methyl/N-ethyl adjacent to an activating group) is 1. The van der Waals surface area contributed by atoms with Gasteiger partial charge in [-0.25, -0.2) is 0 Å². The third-order valence-electron chi connectivity index (χ3n) is 5.43. The molecule has 1 aliphatic heterocycles. The predicted octanol–water partition coefficient (Wildman–Crippen LogP) is 5.28. The molecule has 0 saturated heterocycles. The third-order valence-corrected chi connectivity index (χ3v) is 6.12. The molecule has 34 heavy (non-hydrogen) atoms. The lowest BCUT2D eigenvalue weighted by Crippen LogP contribution is -2.37. The number of aliphatic imine (C=N–C) groups is 1. The maximum atomic E-state index is 12.8. The highest BCUT2D eigenvalue weighted by molar-refractivity contribution is 7.08. The fourth-order valence-electron chi connectivity index (χ4n) is 3.72. The Balaban J connectivity index is 0.00000324. The first-order valence-corrected chi connectivity index (χ1v) is 11.2. The number of benzene rings is 2. The number of hydrogen-bond donors (Lipinski definition) is 1. The van der Waals surface area contributed by atoms with E-state index in [0.717, 1.165) is 40.4 Å². The summed E-state index contributed by atoms with van der Waals surface area (Å²) >= 11 is 1.57. The van der Waals surface area contributed by atoms with Crippen LogP contribution >= 0.6 is 23.7 Å². The van der Waals surface area contributed by atoms with Crippen LogP contribution in [-0.2, 0) is 6.18 Å². The number of fused-ring (bicyclic) bond motifs is 1. The van der Waals surface area contributed by atoms with Gasteiger partial charge in [0.15, 0.2) is 0 Å². The van der Waals surface area contributed by atoms with Crippen molar-refractivity contribution in [3.05, 3.63) is 81.5 Å². The van der Waals surface area contributed by atoms with Crippen molar-refractivity contribution >= 4 is 41.1 Å². The molecule has 3 aromatic rings. The first-order chi connectivity index (χ1) is 15.8. The molecule has 1 aromatic heterocycles. The fraction of sp³-hybridized carbons (Fsp3) is 0.250. The zero-order valence-electron chi connectivity index (χ0n) is 18.4. The van der Waals surface area contributed by atoms with E-state index in [1.165, 1.54) is 12.1 Å². The number of benzodiazepines with no additional fused rings is 1. The van der Waals surface area contributed by atoms with E-state index in [-0.39, 0.29) is 30.6 Å². The molecule has 10 heteroatoms. The maximum absolute atomic E-state index is 12.8. The van der Waals surface area contributed by atoms with Gasteiger partial charge in [-0.05, 0) is 47.8 Å². The number of anilines is 1.